The number of non-ortho nitro benzene ring substituents is 1. The number of thiocarbonyl (C=S) groups is 1. The van der Waals surface area contributed by atoms with Crippen LogP contribution in [0.3, 0.4) is 0 Å². The zero-order valence-corrected chi connectivity index (χ0v) is 13.4. The normalized spacial score (nSPS) is 10.0. The summed E-state index contributed by atoms with van der Waals surface area (Å²) < 4.78 is 0. The molecule has 0 aliphatic carbocycles. The molecule has 2 aromatic rings. The van der Waals surface area contributed by atoms with Gasteiger partial charge < -0.3 is 5.32 Å². The summed E-state index contributed by atoms with van der Waals surface area (Å²) in [5.41, 5.74) is 3.27. The molecule has 0 aliphatic heterocycles. The van der Waals surface area contributed by atoms with E-state index in [4.69, 9.17) is 12.2 Å². The van der Waals surface area contributed by atoms with Gasteiger partial charge in [-0.3, -0.25) is 20.2 Å². The third kappa shape index (κ3) is 4.33. The molecule has 0 atom stereocenters. The van der Waals surface area contributed by atoms with Crippen LogP contribution in [0.5, 0.6) is 0 Å². The van der Waals surface area contributed by atoms with Crippen LogP contribution in [0.4, 0.5) is 11.4 Å². The number of nitro groups is 1. The molecule has 6 nitrogen and oxygen atoms in total. The number of hydrogen-bond acceptors (Lipinski definition) is 4. The zero-order chi connectivity index (χ0) is 17.0. The second-order valence-corrected chi connectivity index (χ2v) is 5.42. The van der Waals surface area contributed by atoms with Gasteiger partial charge >= 0.3 is 0 Å². The predicted molar refractivity (Wildman–Crippen MR) is 92.7 cm³/mol. The lowest BCUT2D eigenvalue weighted by Crippen LogP contribution is -2.34. The minimum Gasteiger partial charge on any atom is -0.332 e. The average Bonchev–Trinajstić information content (AvgIpc) is 2.51. The number of nitro benzene ring substituents is 1. The number of nitrogens with one attached hydrogen (secondary N) is 2. The molecule has 0 aliphatic rings. The van der Waals surface area contributed by atoms with Crippen LogP contribution < -0.4 is 10.6 Å². The lowest BCUT2D eigenvalue weighted by atomic mass is 10.1. The van der Waals surface area contributed by atoms with Gasteiger partial charge in [0.05, 0.1) is 4.92 Å². The van der Waals surface area contributed by atoms with E-state index in [9.17, 15) is 14.9 Å². The van der Waals surface area contributed by atoms with Gasteiger partial charge in [-0.1, -0.05) is 6.07 Å². The molecule has 1 amide bonds. The molecule has 0 saturated heterocycles. The monoisotopic (exact) mass is 329 g/mol. The molecule has 0 unspecified atom stereocenters. The van der Waals surface area contributed by atoms with Crippen molar-refractivity contribution in [2.45, 2.75) is 13.8 Å². The van der Waals surface area contributed by atoms with E-state index in [0.717, 1.165) is 16.8 Å². The number of nitrogens with zero attached hydrogens (tertiary/aromatic N) is 1. The Morgan fingerprint density at radius 1 is 1.09 bits per heavy atom. The summed E-state index contributed by atoms with van der Waals surface area (Å²) in [6.07, 6.45) is 0. The molecule has 7 heteroatoms. The number of rotatable bonds is 3. The van der Waals surface area contributed by atoms with Crippen LogP contribution in [0.1, 0.15) is 21.5 Å². The first-order chi connectivity index (χ1) is 10.9. The summed E-state index contributed by atoms with van der Waals surface area (Å²) in [5, 5.41) is 16.2. The molecule has 0 aromatic heterocycles. The van der Waals surface area contributed by atoms with E-state index in [1.807, 2.05) is 32.0 Å². The van der Waals surface area contributed by atoms with Gasteiger partial charge in [0.2, 0.25) is 0 Å². The van der Waals surface area contributed by atoms with Gasteiger partial charge in [-0.2, -0.15) is 0 Å². The second kappa shape index (κ2) is 6.97. The van der Waals surface area contributed by atoms with Crippen molar-refractivity contribution in [1.29, 1.82) is 0 Å². The molecule has 0 saturated carbocycles. The van der Waals surface area contributed by atoms with Crippen molar-refractivity contribution < 1.29 is 9.72 Å². The highest BCUT2D eigenvalue weighted by Gasteiger charge is 2.11. The van der Waals surface area contributed by atoms with E-state index in [1.54, 1.807) is 0 Å². The first-order valence-corrected chi connectivity index (χ1v) is 7.21. The van der Waals surface area contributed by atoms with E-state index in [1.165, 1.54) is 24.3 Å². The van der Waals surface area contributed by atoms with E-state index in [0.29, 0.717) is 5.56 Å². The molecular weight excluding hydrogens is 314 g/mol. The molecule has 0 bridgehead atoms. The molecule has 2 aromatic carbocycles. The Labute approximate surface area is 138 Å². The Bertz CT molecular complexity index is 773. The van der Waals surface area contributed by atoms with E-state index in [-0.39, 0.29) is 10.8 Å². The number of amides is 1. The molecule has 2 N–H and O–H groups in total. The molecule has 2 rings (SSSR count). The van der Waals surface area contributed by atoms with Gasteiger partial charge in [-0.05, 0) is 61.5 Å². The minimum atomic E-state index is -0.520. The average molecular weight is 329 g/mol. The highest BCUT2D eigenvalue weighted by Crippen LogP contribution is 2.14. The van der Waals surface area contributed by atoms with Crippen molar-refractivity contribution >= 4 is 34.6 Å². The Morgan fingerprint density at radius 2 is 1.74 bits per heavy atom. The predicted octanol–water partition coefficient (Wildman–Crippen LogP) is 3.34. The van der Waals surface area contributed by atoms with Crippen molar-refractivity contribution in [3.63, 3.8) is 0 Å². The van der Waals surface area contributed by atoms with E-state index in [2.05, 4.69) is 10.6 Å². The molecular formula is C16H15N3O3S. The number of aryl methyl sites for hydroxylation is 2. The number of hydrogen-bond donors (Lipinski definition) is 2. The van der Waals surface area contributed by atoms with Crippen LogP contribution in [0.2, 0.25) is 0 Å². The minimum absolute atomic E-state index is 0.0719. The van der Waals surface area contributed by atoms with Gasteiger partial charge in [0.15, 0.2) is 5.11 Å². The summed E-state index contributed by atoms with van der Waals surface area (Å²) in [6, 6.07) is 11.1. The first-order valence-electron chi connectivity index (χ1n) is 6.81. The highest BCUT2D eigenvalue weighted by atomic mass is 32.1. The molecule has 23 heavy (non-hydrogen) atoms. The standard InChI is InChI=1S/C16H15N3O3S/c1-10-3-6-13(9-11(10)2)17-16(23)18-15(20)12-4-7-14(8-5-12)19(21)22/h3-9H,1-2H3,(H2,17,18,20,23). The lowest BCUT2D eigenvalue weighted by molar-refractivity contribution is -0.384. The summed E-state index contributed by atoms with van der Waals surface area (Å²) in [5.74, 6) is -0.429. The van der Waals surface area contributed by atoms with Crippen LogP contribution in [0, 0.1) is 24.0 Å². The van der Waals surface area contributed by atoms with Gasteiger partial charge in [0, 0.05) is 23.4 Å². The Kier molecular flexibility index (Phi) is 5.02. The van der Waals surface area contributed by atoms with Crippen LogP contribution in [-0.4, -0.2) is 15.9 Å². The molecule has 118 valence electrons. The van der Waals surface area contributed by atoms with Crippen molar-refractivity contribution in [3.05, 3.63) is 69.3 Å². The van der Waals surface area contributed by atoms with Gasteiger partial charge in [-0.25, -0.2) is 0 Å². The molecule has 0 heterocycles. The number of anilines is 1. The maximum atomic E-state index is 12.0. The first kappa shape index (κ1) is 16.6. The summed E-state index contributed by atoms with van der Waals surface area (Å²) in [4.78, 5) is 22.1. The van der Waals surface area contributed by atoms with Crippen LogP contribution in [0.15, 0.2) is 42.5 Å². The fourth-order valence-corrected chi connectivity index (χ4v) is 2.10. The second-order valence-electron chi connectivity index (χ2n) is 5.01. The molecule has 0 fully saturated rings. The highest BCUT2D eigenvalue weighted by molar-refractivity contribution is 7.80. The SMILES string of the molecule is Cc1ccc(NC(=S)NC(=O)c2ccc([N+](=O)[O-])cc2)cc1C. The third-order valence-electron chi connectivity index (χ3n) is 3.33. The third-order valence-corrected chi connectivity index (χ3v) is 3.54. The maximum absolute atomic E-state index is 12.0. The van der Waals surface area contributed by atoms with E-state index < -0.39 is 10.8 Å². The smallest absolute Gasteiger partial charge is 0.269 e. The van der Waals surface area contributed by atoms with Crippen molar-refractivity contribution in [3.8, 4) is 0 Å². The van der Waals surface area contributed by atoms with Gasteiger partial charge in [-0.15, -0.1) is 0 Å². The van der Waals surface area contributed by atoms with E-state index >= 15 is 0 Å². The Hall–Kier alpha value is -2.80. The van der Waals surface area contributed by atoms with Crippen molar-refractivity contribution in [2.75, 3.05) is 5.32 Å². The van der Waals surface area contributed by atoms with Crippen LogP contribution in [-0.2, 0) is 0 Å². The Balaban J connectivity index is 2.00. The van der Waals surface area contributed by atoms with Crippen molar-refractivity contribution in [2.24, 2.45) is 0 Å². The zero-order valence-electron chi connectivity index (χ0n) is 12.6. The lowest BCUT2D eigenvalue weighted by Gasteiger charge is -2.11. The number of benzene rings is 2. The summed E-state index contributed by atoms with van der Waals surface area (Å²) >= 11 is 5.10. The fraction of sp³-hybridized carbons (Fsp3) is 0.125. The summed E-state index contributed by atoms with van der Waals surface area (Å²) in [7, 11) is 0. The summed E-state index contributed by atoms with van der Waals surface area (Å²) in [6.45, 7) is 3.99. The van der Waals surface area contributed by atoms with Crippen LogP contribution >= 0.6 is 12.2 Å². The largest absolute Gasteiger partial charge is 0.332 e. The van der Waals surface area contributed by atoms with Crippen LogP contribution in [0.25, 0.3) is 0 Å². The molecule has 0 radical (unpaired) electrons. The van der Waals surface area contributed by atoms with Crippen molar-refractivity contribution in [1.82, 2.24) is 5.32 Å². The number of carbonyl (C=O) groups excluding carboxylic acids is 1. The maximum Gasteiger partial charge on any atom is 0.269 e. The Morgan fingerprint density at radius 3 is 2.30 bits per heavy atom. The number of carbonyl (C=O) groups is 1. The topological polar surface area (TPSA) is 84.3 Å². The van der Waals surface area contributed by atoms with Gasteiger partial charge in [0.1, 0.15) is 0 Å². The van der Waals surface area contributed by atoms with Gasteiger partial charge in [0.25, 0.3) is 11.6 Å². The molecule has 0 spiro atoms. The fourth-order valence-electron chi connectivity index (χ4n) is 1.89. The quantitative estimate of drug-likeness (QED) is 0.512.